The molecular formula is C9H8ClN3. The van der Waals surface area contributed by atoms with Crippen molar-refractivity contribution in [2.75, 3.05) is 0 Å². The molecule has 0 radical (unpaired) electrons. The smallest absolute Gasteiger partial charge is 0.153 e. The summed E-state index contributed by atoms with van der Waals surface area (Å²) in [6.45, 7) is 1.99. The topological polar surface area (TPSA) is 30.7 Å². The molecule has 0 aliphatic rings. The minimum Gasteiger partial charge on any atom is -0.236 e. The summed E-state index contributed by atoms with van der Waals surface area (Å²) in [5, 5.41) is 4.76. The Morgan fingerprint density at radius 1 is 1.31 bits per heavy atom. The molecule has 0 aliphatic heterocycles. The SMILES string of the molecule is Cc1cnn(-c2ccc(Cl)cn2)c1. The largest absolute Gasteiger partial charge is 0.236 e. The summed E-state index contributed by atoms with van der Waals surface area (Å²) in [7, 11) is 0. The van der Waals surface area contributed by atoms with E-state index >= 15 is 0 Å². The molecule has 0 atom stereocenters. The van der Waals surface area contributed by atoms with Crippen molar-refractivity contribution in [1.29, 1.82) is 0 Å². The van der Waals surface area contributed by atoms with E-state index < -0.39 is 0 Å². The van der Waals surface area contributed by atoms with E-state index in [1.165, 1.54) is 0 Å². The molecule has 2 rings (SSSR count). The van der Waals surface area contributed by atoms with Crippen LogP contribution in [-0.2, 0) is 0 Å². The molecule has 2 aromatic rings. The Hall–Kier alpha value is -1.35. The molecule has 2 aromatic heterocycles. The van der Waals surface area contributed by atoms with Crippen LogP contribution >= 0.6 is 11.6 Å². The van der Waals surface area contributed by atoms with Gasteiger partial charge in [-0.15, -0.1) is 0 Å². The number of rotatable bonds is 1. The van der Waals surface area contributed by atoms with Gasteiger partial charge in [0, 0.05) is 12.4 Å². The summed E-state index contributed by atoms with van der Waals surface area (Å²) in [5.41, 5.74) is 1.11. The fraction of sp³-hybridized carbons (Fsp3) is 0.111. The minimum atomic E-state index is 0.632. The van der Waals surface area contributed by atoms with Gasteiger partial charge in [-0.2, -0.15) is 5.10 Å². The average Bonchev–Trinajstić information content (AvgIpc) is 2.53. The number of nitrogens with zero attached hydrogens (tertiary/aromatic N) is 3. The number of halogens is 1. The zero-order chi connectivity index (χ0) is 9.26. The van der Waals surface area contributed by atoms with Gasteiger partial charge in [-0.3, -0.25) is 0 Å². The summed E-state index contributed by atoms with van der Waals surface area (Å²) in [5.74, 6) is 0.775. The van der Waals surface area contributed by atoms with E-state index in [0.717, 1.165) is 11.4 Å². The lowest BCUT2D eigenvalue weighted by atomic mass is 10.4. The molecule has 0 saturated heterocycles. The van der Waals surface area contributed by atoms with Crippen molar-refractivity contribution in [2.45, 2.75) is 6.92 Å². The summed E-state index contributed by atoms with van der Waals surface area (Å²) in [6.07, 6.45) is 5.31. The number of hydrogen-bond donors (Lipinski definition) is 0. The fourth-order valence-electron chi connectivity index (χ4n) is 1.04. The van der Waals surface area contributed by atoms with Crippen molar-refractivity contribution in [3.63, 3.8) is 0 Å². The standard InChI is InChI=1S/C9H8ClN3/c1-7-4-12-13(6-7)9-3-2-8(10)5-11-9/h2-6H,1H3. The van der Waals surface area contributed by atoms with E-state index in [4.69, 9.17) is 11.6 Å². The van der Waals surface area contributed by atoms with Crippen LogP contribution < -0.4 is 0 Å². The third-order valence-electron chi connectivity index (χ3n) is 1.66. The monoisotopic (exact) mass is 193 g/mol. The maximum absolute atomic E-state index is 5.71. The Balaban J connectivity index is 2.41. The molecule has 0 amide bonds. The normalized spacial score (nSPS) is 10.3. The predicted octanol–water partition coefficient (Wildman–Crippen LogP) is 2.23. The third-order valence-corrected chi connectivity index (χ3v) is 1.88. The minimum absolute atomic E-state index is 0.632. The Kier molecular flexibility index (Phi) is 2.02. The lowest BCUT2D eigenvalue weighted by molar-refractivity contribution is 0.847. The summed E-state index contributed by atoms with van der Waals surface area (Å²) in [6, 6.07) is 3.62. The lowest BCUT2D eigenvalue weighted by Crippen LogP contribution is -1.96. The highest BCUT2D eigenvalue weighted by Crippen LogP contribution is 2.09. The average molecular weight is 194 g/mol. The zero-order valence-corrected chi connectivity index (χ0v) is 7.86. The molecule has 0 N–H and O–H groups in total. The number of aryl methyl sites for hydroxylation is 1. The first-order valence-corrected chi connectivity index (χ1v) is 4.27. The molecule has 0 spiro atoms. The molecule has 13 heavy (non-hydrogen) atoms. The van der Waals surface area contributed by atoms with Crippen LogP contribution in [0.15, 0.2) is 30.7 Å². The van der Waals surface area contributed by atoms with Crippen molar-refractivity contribution >= 4 is 11.6 Å². The zero-order valence-electron chi connectivity index (χ0n) is 7.11. The van der Waals surface area contributed by atoms with Crippen LogP contribution in [0, 0.1) is 6.92 Å². The van der Waals surface area contributed by atoms with Crippen LogP contribution in [0.5, 0.6) is 0 Å². The van der Waals surface area contributed by atoms with E-state index in [9.17, 15) is 0 Å². The van der Waals surface area contributed by atoms with Gasteiger partial charge in [0.05, 0.1) is 11.2 Å². The first-order valence-electron chi connectivity index (χ1n) is 3.89. The van der Waals surface area contributed by atoms with Gasteiger partial charge < -0.3 is 0 Å². The Morgan fingerprint density at radius 3 is 2.69 bits per heavy atom. The summed E-state index contributed by atoms with van der Waals surface area (Å²) >= 11 is 5.71. The molecule has 3 nitrogen and oxygen atoms in total. The van der Waals surface area contributed by atoms with Crippen molar-refractivity contribution in [2.24, 2.45) is 0 Å². The molecule has 0 aromatic carbocycles. The van der Waals surface area contributed by atoms with E-state index in [-0.39, 0.29) is 0 Å². The Morgan fingerprint density at radius 2 is 2.15 bits per heavy atom. The van der Waals surface area contributed by atoms with Crippen LogP contribution in [0.4, 0.5) is 0 Å². The molecular weight excluding hydrogens is 186 g/mol. The van der Waals surface area contributed by atoms with Gasteiger partial charge >= 0.3 is 0 Å². The fourth-order valence-corrected chi connectivity index (χ4v) is 1.15. The maximum atomic E-state index is 5.71. The predicted molar refractivity (Wildman–Crippen MR) is 51.1 cm³/mol. The number of aromatic nitrogens is 3. The lowest BCUT2D eigenvalue weighted by Gasteiger charge is -1.98. The van der Waals surface area contributed by atoms with Crippen molar-refractivity contribution in [3.05, 3.63) is 41.3 Å². The van der Waals surface area contributed by atoms with Gasteiger partial charge in [0.15, 0.2) is 5.82 Å². The molecule has 0 aliphatic carbocycles. The molecule has 2 heterocycles. The van der Waals surface area contributed by atoms with E-state index in [1.54, 1.807) is 23.1 Å². The van der Waals surface area contributed by atoms with Crippen molar-refractivity contribution in [1.82, 2.24) is 14.8 Å². The van der Waals surface area contributed by atoms with E-state index in [0.29, 0.717) is 5.02 Å². The van der Waals surface area contributed by atoms with Crippen LogP contribution in [0.25, 0.3) is 5.82 Å². The number of hydrogen-bond acceptors (Lipinski definition) is 2. The first kappa shape index (κ1) is 8.26. The first-order chi connectivity index (χ1) is 6.25. The third kappa shape index (κ3) is 1.70. The van der Waals surface area contributed by atoms with Gasteiger partial charge in [-0.25, -0.2) is 9.67 Å². The van der Waals surface area contributed by atoms with E-state index in [1.807, 2.05) is 19.2 Å². The van der Waals surface area contributed by atoms with Gasteiger partial charge in [0.1, 0.15) is 0 Å². The Labute approximate surface area is 81.0 Å². The second-order valence-electron chi connectivity index (χ2n) is 2.80. The van der Waals surface area contributed by atoms with Crippen LogP contribution in [0.2, 0.25) is 5.02 Å². The second-order valence-corrected chi connectivity index (χ2v) is 3.23. The van der Waals surface area contributed by atoms with Crippen LogP contribution in [-0.4, -0.2) is 14.8 Å². The quantitative estimate of drug-likeness (QED) is 0.696. The molecule has 0 unspecified atom stereocenters. The molecule has 66 valence electrons. The van der Waals surface area contributed by atoms with Gasteiger partial charge in [-0.05, 0) is 24.6 Å². The highest BCUT2D eigenvalue weighted by molar-refractivity contribution is 6.30. The second kappa shape index (κ2) is 3.18. The molecule has 0 saturated carbocycles. The number of pyridine rings is 1. The maximum Gasteiger partial charge on any atom is 0.153 e. The highest BCUT2D eigenvalue weighted by Gasteiger charge is 1.98. The van der Waals surface area contributed by atoms with Gasteiger partial charge in [0.2, 0.25) is 0 Å². The summed E-state index contributed by atoms with van der Waals surface area (Å²) in [4.78, 5) is 4.13. The van der Waals surface area contributed by atoms with E-state index in [2.05, 4.69) is 10.1 Å². The van der Waals surface area contributed by atoms with Gasteiger partial charge in [-0.1, -0.05) is 11.6 Å². The molecule has 4 heteroatoms. The summed E-state index contributed by atoms with van der Waals surface area (Å²) < 4.78 is 1.71. The van der Waals surface area contributed by atoms with Crippen molar-refractivity contribution < 1.29 is 0 Å². The van der Waals surface area contributed by atoms with Crippen LogP contribution in [0.1, 0.15) is 5.56 Å². The van der Waals surface area contributed by atoms with Crippen LogP contribution in [0.3, 0.4) is 0 Å². The highest BCUT2D eigenvalue weighted by atomic mass is 35.5. The van der Waals surface area contributed by atoms with Crippen molar-refractivity contribution in [3.8, 4) is 5.82 Å². The van der Waals surface area contributed by atoms with Gasteiger partial charge in [0.25, 0.3) is 0 Å². The Bertz CT molecular complexity index is 405. The molecule has 0 fully saturated rings. The molecule has 0 bridgehead atoms.